The highest BCUT2D eigenvalue weighted by atomic mass is 19.1. The lowest BCUT2D eigenvalue weighted by molar-refractivity contribution is -0.385. The standard InChI is InChI=1S/C13H14FNO4/c14-10-5-9(6-11(7-10)15(17)18)8-19-13-3-1-12(16)2-4-13/h5-7,13H,1-4,8H2. The van der Waals surface area contributed by atoms with Gasteiger partial charge in [-0.2, -0.15) is 0 Å². The number of rotatable bonds is 4. The Morgan fingerprint density at radius 1 is 1.32 bits per heavy atom. The molecule has 0 saturated heterocycles. The van der Waals surface area contributed by atoms with Crippen molar-refractivity contribution in [3.8, 4) is 0 Å². The smallest absolute Gasteiger partial charge is 0.272 e. The second-order valence-corrected chi connectivity index (χ2v) is 4.62. The molecule has 0 atom stereocenters. The summed E-state index contributed by atoms with van der Waals surface area (Å²) in [6.07, 6.45) is 2.31. The summed E-state index contributed by atoms with van der Waals surface area (Å²) in [5.74, 6) is -0.409. The number of hydrogen-bond donors (Lipinski definition) is 0. The molecule has 2 rings (SSSR count). The van der Waals surface area contributed by atoms with Crippen LogP contribution in [0.5, 0.6) is 0 Å². The zero-order valence-corrected chi connectivity index (χ0v) is 10.3. The third kappa shape index (κ3) is 3.82. The summed E-state index contributed by atoms with van der Waals surface area (Å²) in [6.45, 7) is 0.122. The Bertz CT molecular complexity index is 493. The quantitative estimate of drug-likeness (QED) is 0.621. The lowest BCUT2D eigenvalue weighted by Gasteiger charge is -2.21. The van der Waals surface area contributed by atoms with E-state index in [9.17, 15) is 19.3 Å². The molecule has 1 saturated carbocycles. The van der Waals surface area contributed by atoms with Gasteiger partial charge in [-0.1, -0.05) is 0 Å². The van der Waals surface area contributed by atoms with Crippen LogP contribution in [-0.4, -0.2) is 16.8 Å². The van der Waals surface area contributed by atoms with Gasteiger partial charge in [0.15, 0.2) is 0 Å². The number of carbonyl (C=O) groups excluding carboxylic acids is 1. The van der Waals surface area contributed by atoms with Gasteiger partial charge in [0.1, 0.15) is 11.6 Å². The average Bonchev–Trinajstić information content (AvgIpc) is 2.37. The molecule has 1 fully saturated rings. The number of hydrogen-bond acceptors (Lipinski definition) is 4. The van der Waals surface area contributed by atoms with E-state index in [2.05, 4.69) is 0 Å². The molecule has 19 heavy (non-hydrogen) atoms. The van der Waals surface area contributed by atoms with Crippen molar-refractivity contribution in [2.24, 2.45) is 0 Å². The van der Waals surface area contributed by atoms with Gasteiger partial charge < -0.3 is 4.74 Å². The van der Waals surface area contributed by atoms with Crippen LogP contribution in [0.1, 0.15) is 31.2 Å². The second-order valence-electron chi connectivity index (χ2n) is 4.62. The summed E-state index contributed by atoms with van der Waals surface area (Å²) in [5.41, 5.74) is 0.154. The molecule has 0 N–H and O–H groups in total. The molecule has 0 aromatic heterocycles. The van der Waals surface area contributed by atoms with Gasteiger partial charge in [0, 0.05) is 18.9 Å². The molecule has 0 aliphatic heterocycles. The van der Waals surface area contributed by atoms with Gasteiger partial charge in [-0.15, -0.1) is 0 Å². The summed E-state index contributed by atoms with van der Waals surface area (Å²) in [7, 11) is 0. The molecule has 0 spiro atoms. The first-order valence-corrected chi connectivity index (χ1v) is 6.12. The van der Waals surface area contributed by atoms with Gasteiger partial charge in [-0.05, 0) is 24.5 Å². The lowest BCUT2D eigenvalue weighted by Crippen LogP contribution is -2.21. The molecular weight excluding hydrogens is 253 g/mol. The van der Waals surface area contributed by atoms with Crippen LogP contribution in [0.4, 0.5) is 10.1 Å². The summed E-state index contributed by atoms with van der Waals surface area (Å²) >= 11 is 0. The summed E-state index contributed by atoms with van der Waals surface area (Å²) in [4.78, 5) is 21.0. The number of nitro benzene ring substituents is 1. The van der Waals surface area contributed by atoms with Gasteiger partial charge in [0.25, 0.3) is 5.69 Å². The van der Waals surface area contributed by atoms with E-state index < -0.39 is 10.7 Å². The van der Waals surface area contributed by atoms with Crippen LogP contribution in [0.2, 0.25) is 0 Å². The number of carbonyl (C=O) groups is 1. The molecule has 1 aromatic carbocycles. The number of halogens is 1. The zero-order chi connectivity index (χ0) is 13.8. The van der Waals surface area contributed by atoms with Crippen molar-refractivity contribution >= 4 is 11.5 Å². The second kappa shape index (κ2) is 5.88. The predicted octanol–water partition coefficient (Wildman–Crippen LogP) is 2.76. The third-order valence-electron chi connectivity index (χ3n) is 3.13. The third-order valence-corrected chi connectivity index (χ3v) is 3.13. The fourth-order valence-corrected chi connectivity index (χ4v) is 2.12. The monoisotopic (exact) mass is 267 g/mol. The number of ketones is 1. The molecule has 0 bridgehead atoms. The maximum Gasteiger partial charge on any atom is 0.272 e. The van der Waals surface area contributed by atoms with Crippen LogP contribution in [0.25, 0.3) is 0 Å². The molecule has 5 nitrogen and oxygen atoms in total. The molecule has 0 heterocycles. The number of benzene rings is 1. The summed E-state index contributed by atoms with van der Waals surface area (Å²) in [6, 6.07) is 3.40. The Balaban J connectivity index is 1.95. The van der Waals surface area contributed by atoms with Crippen LogP contribution in [0.15, 0.2) is 18.2 Å². The van der Waals surface area contributed by atoms with Gasteiger partial charge in [0.05, 0.1) is 23.7 Å². The van der Waals surface area contributed by atoms with Crippen LogP contribution in [-0.2, 0) is 16.1 Å². The number of nitro groups is 1. The fraction of sp³-hybridized carbons (Fsp3) is 0.462. The molecule has 6 heteroatoms. The molecule has 1 aliphatic rings. The van der Waals surface area contributed by atoms with Crippen LogP contribution in [0, 0.1) is 15.9 Å². The lowest BCUT2D eigenvalue weighted by atomic mass is 9.96. The van der Waals surface area contributed by atoms with Gasteiger partial charge in [0.2, 0.25) is 0 Å². The minimum atomic E-state index is -0.647. The Hall–Kier alpha value is -1.82. The van der Waals surface area contributed by atoms with Crippen molar-refractivity contribution in [3.63, 3.8) is 0 Å². The first-order chi connectivity index (χ1) is 9.04. The highest BCUT2D eigenvalue weighted by Gasteiger charge is 2.19. The largest absolute Gasteiger partial charge is 0.374 e. The first kappa shape index (κ1) is 13.6. The molecule has 1 aromatic rings. The summed E-state index contributed by atoms with van der Waals surface area (Å²) < 4.78 is 18.8. The minimum Gasteiger partial charge on any atom is -0.374 e. The zero-order valence-electron chi connectivity index (χ0n) is 10.3. The number of non-ortho nitro benzene ring substituents is 1. The number of ether oxygens (including phenoxy) is 1. The molecule has 0 unspecified atom stereocenters. The fourth-order valence-electron chi connectivity index (χ4n) is 2.12. The number of Topliss-reactive ketones (excluding diaryl/α,β-unsaturated/α-hetero) is 1. The van der Waals surface area contributed by atoms with Crippen molar-refractivity contribution in [1.82, 2.24) is 0 Å². The van der Waals surface area contributed by atoms with Crippen molar-refractivity contribution in [3.05, 3.63) is 39.7 Å². The van der Waals surface area contributed by atoms with Crippen molar-refractivity contribution in [2.75, 3.05) is 0 Å². The molecular formula is C13H14FNO4. The van der Waals surface area contributed by atoms with Crippen molar-refractivity contribution in [2.45, 2.75) is 38.4 Å². The van der Waals surface area contributed by atoms with Crippen molar-refractivity contribution in [1.29, 1.82) is 0 Å². The predicted molar refractivity (Wildman–Crippen MR) is 65.1 cm³/mol. The normalized spacial score (nSPS) is 16.6. The Morgan fingerprint density at radius 3 is 2.63 bits per heavy atom. The maximum absolute atomic E-state index is 13.2. The molecule has 0 amide bonds. The van der Waals surface area contributed by atoms with Crippen LogP contribution >= 0.6 is 0 Å². The van der Waals surface area contributed by atoms with E-state index in [0.717, 1.165) is 6.07 Å². The van der Waals surface area contributed by atoms with E-state index >= 15 is 0 Å². The Kier molecular flexibility index (Phi) is 4.21. The summed E-state index contributed by atoms with van der Waals surface area (Å²) in [5, 5.41) is 10.6. The topological polar surface area (TPSA) is 69.4 Å². The van der Waals surface area contributed by atoms with Gasteiger partial charge >= 0.3 is 0 Å². The van der Waals surface area contributed by atoms with E-state index in [0.29, 0.717) is 31.2 Å². The van der Waals surface area contributed by atoms with Gasteiger partial charge in [-0.25, -0.2) is 4.39 Å². The van der Waals surface area contributed by atoms with Crippen molar-refractivity contribution < 1.29 is 18.8 Å². The molecule has 0 radical (unpaired) electrons. The Morgan fingerprint density at radius 2 is 2.00 bits per heavy atom. The molecule has 1 aliphatic carbocycles. The van der Waals surface area contributed by atoms with E-state index in [1.807, 2.05) is 0 Å². The Labute approximate surface area is 109 Å². The molecule has 102 valence electrons. The van der Waals surface area contributed by atoms with E-state index in [1.165, 1.54) is 12.1 Å². The highest BCUT2D eigenvalue weighted by Crippen LogP contribution is 2.21. The van der Waals surface area contributed by atoms with E-state index in [4.69, 9.17) is 4.74 Å². The van der Waals surface area contributed by atoms with Gasteiger partial charge in [-0.3, -0.25) is 14.9 Å². The highest BCUT2D eigenvalue weighted by molar-refractivity contribution is 5.79. The van der Waals surface area contributed by atoms with Crippen LogP contribution < -0.4 is 0 Å². The average molecular weight is 267 g/mol. The minimum absolute atomic E-state index is 0.0278. The number of nitrogens with zero attached hydrogens (tertiary/aromatic N) is 1. The SMILES string of the molecule is O=C1CCC(OCc2cc(F)cc([N+](=O)[O-])c2)CC1. The van der Waals surface area contributed by atoms with Crippen LogP contribution in [0.3, 0.4) is 0 Å². The maximum atomic E-state index is 13.2. The first-order valence-electron chi connectivity index (χ1n) is 6.12. The van der Waals surface area contributed by atoms with E-state index in [-0.39, 0.29) is 24.2 Å². The van der Waals surface area contributed by atoms with E-state index in [1.54, 1.807) is 0 Å².